The molecule has 2 unspecified atom stereocenters. The van der Waals surface area contributed by atoms with Crippen LogP contribution >= 0.6 is 11.6 Å². The minimum atomic E-state index is -0.985. The molecule has 0 radical (unpaired) electrons. The fourth-order valence-corrected chi connectivity index (χ4v) is 2.57. The van der Waals surface area contributed by atoms with Crippen LogP contribution in [0.5, 0.6) is 0 Å². The largest absolute Gasteiger partial charge is 0.385 e. The van der Waals surface area contributed by atoms with Gasteiger partial charge in [-0.1, -0.05) is 59.8 Å². The molecule has 18 heavy (non-hydrogen) atoms. The lowest BCUT2D eigenvalue weighted by Crippen LogP contribution is -2.52. The van der Waals surface area contributed by atoms with Crippen molar-refractivity contribution in [3.05, 3.63) is 23.8 Å². The maximum Gasteiger partial charge on any atom is 0.252 e. The third-order valence-electron chi connectivity index (χ3n) is 3.70. The van der Waals surface area contributed by atoms with Crippen LogP contribution in [0.2, 0.25) is 0 Å². The standard InChI is InChI=1S/C15H23ClO2/c1-13(2,3)11-9-10(12(16)17)7-8-15(11,18)14(4,5)6/h7-9,11,18H,1-6H3. The van der Waals surface area contributed by atoms with Gasteiger partial charge in [0.05, 0.1) is 5.60 Å². The molecular weight excluding hydrogens is 248 g/mol. The molecule has 1 N–H and O–H groups in total. The van der Waals surface area contributed by atoms with E-state index in [1.165, 1.54) is 0 Å². The highest BCUT2D eigenvalue weighted by molar-refractivity contribution is 6.68. The number of halogens is 1. The summed E-state index contributed by atoms with van der Waals surface area (Å²) in [6, 6.07) is 0. The topological polar surface area (TPSA) is 37.3 Å². The Bertz CT molecular complexity index is 407. The van der Waals surface area contributed by atoms with Crippen LogP contribution in [0, 0.1) is 16.7 Å². The molecule has 3 heteroatoms. The third-order valence-corrected chi connectivity index (χ3v) is 3.92. The Balaban J connectivity index is 3.34. The molecule has 0 saturated carbocycles. The fraction of sp³-hybridized carbons (Fsp3) is 0.667. The van der Waals surface area contributed by atoms with Gasteiger partial charge in [-0.15, -0.1) is 0 Å². The zero-order valence-corrected chi connectivity index (χ0v) is 12.8. The van der Waals surface area contributed by atoms with Crippen LogP contribution in [0.25, 0.3) is 0 Å². The molecular formula is C15H23ClO2. The number of carbonyl (C=O) groups is 1. The lowest BCUT2D eigenvalue weighted by atomic mass is 9.59. The van der Waals surface area contributed by atoms with Gasteiger partial charge < -0.3 is 5.11 Å². The molecule has 0 aromatic heterocycles. The van der Waals surface area contributed by atoms with Crippen LogP contribution in [0.1, 0.15) is 41.5 Å². The predicted molar refractivity (Wildman–Crippen MR) is 75.4 cm³/mol. The van der Waals surface area contributed by atoms with Crippen molar-refractivity contribution in [3.8, 4) is 0 Å². The number of hydrogen-bond acceptors (Lipinski definition) is 2. The minimum Gasteiger partial charge on any atom is -0.385 e. The molecule has 2 atom stereocenters. The lowest BCUT2D eigenvalue weighted by molar-refractivity contribution is -0.108. The van der Waals surface area contributed by atoms with E-state index in [1.54, 1.807) is 18.2 Å². The zero-order valence-electron chi connectivity index (χ0n) is 12.0. The molecule has 1 aliphatic rings. The molecule has 0 spiro atoms. The molecule has 0 aromatic carbocycles. The van der Waals surface area contributed by atoms with Crippen molar-refractivity contribution in [1.29, 1.82) is 0 Å². The van der Waals surface area contributed by atoms with E-state index in [1.807, 2.05) is 20.8 Å². The molecule has 102 valence electrons. The van der Waals surface area contributed by atoms with E-state index in [4.69, 9.17) is 11.6 Å². The number of rotatable bonds is 1. The Morgan fingerprint density at radius 3 is 2.11 bits per heavy atom. The molecule has 0 fully saturated rings. The van der Waals surface area contributed by atoms with Gasteiger partial charge in [0.25, 0.3) is 5.24 Å². The highest BCUT2D eigenvalue weighted by Gasteiger charge is 2.49. The van der Waals surface area contributed by atoms with E-state index in [9.17, 15) is 9.90 Å². The van der Waals surface area contributed by atoms with Gasteiger partial charge in [0.1, 0.15) is 0 Å². The summed E-state index contributed by atoms with van der Waals surface area (Å²) in [5.74, 6) is -0.160. The van der Waals surface area contributed by atoms with Crippen LogP contribution in [0.15, 0.2) is 23.8 Å². The summed E-state index contributed by atoms with van der Waals surface area (Å²) in [6.45, 7) is 12.2. The van der Waals surface area contributed by atoms with E-state index in [0.717, 1.165) is 0 Å². The molecule has 0 aliphatic heterocycles. The van der Waals surface area contributed by atoms with Gasteiger partial charge in [0, 0.05) is 11.5 Å². The first-order valence-corrected chi connectivity index (χ1v) is 6.60. The first-order chi connectivity index (χ1) is 7.89. The van der Waals surface area contributed by atoms with Gasteiger partial charge in [-0.3, -0.25) is 4.79 Å². The Kier molecular flexibility index (Phi) is 3.86. The van der Waals surface area contributed by atoms with Gasteiger partial charge in [0.2, 0.25) is 0 Å². The first-order valence-electron chi connectivity index (χ1n) is 6.23. The van der Waals surface area contributed by atoms with Gasteiger partial charge in [0.15, 0.2) is 0 Å². The predicted octanol–water partition coefficient (Wildman–Crippen LogP) is 3.69. The van der Waals surface area contributed by atoms with Crippen molar-refractivity contribution in [2.75, 3.05) is 0 Å². The van der Waals surface area contributed by atoms with Crippen molar-refractivity contribution in [2.45, 2.75) is 47.1 Å². The van der Waals surface area contributed by atoms with Crippen LogP contribution in [-0.2, 0) is 4.79 Å². The normalized spacial score (nSPS) is 29.1. The number of hydrogen-bond donors (Lipinski definition) is 1. The van der Waals surface area contributed by atoms with Crippen molar-refractivity contribution in [2.24, 2.45) is 16.7 Å². The maximum absolute atomic E-state index is 11.3. The highest BCUT2D eigenvalue weighted by Crippen LogP contribution is 2.48. The SMILES string of the molecule is CC(C)(C)C1C=C(C(=O)Cl)C=CC1(O)C(C)(C)C. The molecule has 0 aromatic rings. The summed E-state index contributed by atoms with van der Waals surface area (Å²) in [4.78, 5) is 11.3. The summed E-state index contributed by atoms with van der Waals surface area (Å²) >= 11 is 5.54. The second-order valence-electron chi connectivity index (χ2n) is 7.15. The molecule has 0 amide bonds. The monoisotopic (exact) mass is 270 g/mol. The summed E-state index contributed by atoms with van der Waals surface area (Å²) in [5, 5.41) is 10.5. The second-order valence-corrected chi connectivity index (χ2v) is 7.49. The summed E-state index contributed by atoms with van der Waals surface area (Å²) in [7, 11) is 0. The Labute approximate surface area is 115 Å². The van der Waals surface area contributed by atoms with Gasteiger partial charge in [-0.25, -0.2) is 0 Å². The quantitative estimate of drug-likeness (QED) is 0.738. The third kappa shape index (κ3) is 2.70. The van der Waals surface area contributed by atoms with Gasteiger partial charge in [-0.05, 0) is 22.4 Å². The molecule has 0 saturated heterocycles. The summed E-state index contributed by atoms with van der Waals surface area (Å²) in [6.07, 6.45) is 5.15. The Morgan fingerprint density at radius 2 is 1.78 bits per heavy atom. The summed E-state index contributed by atoms with van der Waals surface area (Å²) in [5.41, 5.74) is -1.00. The van der Waals surface area contributed by atoms with E-state index >= 15 is 0 Å². The second kappa shape index (κ2) is 4.50. The van der Waals surface area contributed by atoms with E-state index < -0.39 is 10.8 Å². The zero-order chi connectivity index (χ0) is 14.4. The van der Waals surface area contributed by atoms with E-state index in [2.05, 4.69) is 20.8 Å². The first kappa shape index (κ1) is 15.5. The van der Waals surface area contributed by atoms with Gasteiger partial charge >= 0.3 is 0 Å². The van der Waals surface area contributed by atoms with E-state index in [0.29, 0.717) is 5.57 Å². The van der Waals surface area contributed by atoms with Crippen LogP contribution in [-0.4, -0.2) is 16.0 Å². The van der Waals surface area contributed by atoms with Crippen molar-refractivity contribution < 1.29 is 9.90 Å². The van der Waals surface area contributed by atoms with Crippen LogP contribution < -0.4 is 0 Å². The van der Waals surface area contributed by atoms with Crippen LogP contribution in [0.4, 0.5) is 0 Å². The van der Waals surface area contributed by atoms with Crippen molar-refractivity contribution in [1.82, 2.24) is 0 Å². The molecule has 2 nitrogen and oxygen atoms in total. The Morgan fingerprint density at radius 1 is 1.28 bits per heavy atom. The average Bonchev–Trinajstić information content (AvgIpc) is 2.14. The highest BCUT2D eigenvalue weighted by atomic mass is 35.5. The molecule has 0 heterocycles. The van der Waals surface area contributed by atoms with Crippen molar-refractivity contribution >= 4 is 16.8 Å². The smallest absolute Gasteiger partial charge is 0.252 e. The molecule has 1 aliphatic carbocycles. The molecule has 1 rings (SSSR count). The van der Waals surface area contributed by atoms with Crippen molar-refractivity contribution in [3.63, 3.8) is 0 Å². The number of allylic oxidation sites excluding steroid dienone is 2. The number of aliphatic hydroxyl groups is 1. The average molecular weight is 271 g/mol. The maximum atomic E-state index is 11.3. The summed E-state index contributed by atoms with van der Waals surface area (Å²) < 4.78 is 0. The van der Waals surface area contributed by atoms with Crippen LogP contribution in [0.3, 0.4) is 0 Å². The van der Waals surface area contributed by atoms with Gasteiger partial charge in [-0.2, -0.15) is 0 Å². The molecule has 0 bridgehead atoms. The number of carbonyl (C=O) groups excluding carboxylic acids is 1. The van der Waals surface area contributed by atoms with E-state index in [-0.39, 0.29) is 16.7 Å². The Hall–Kier alpha value is -0.600. The lowest BCUT2D eigenvalue weighted by Gasteiger charge is -2.49. The minimum absolute atomic E-state index is 0.160. The fourth-order valence-electron chi connectivity index (χ4n) is 2.44.